The molecule has 0 bridgehead atoms. The van der Waals surface area contributed by atoms with Gasteiger partial charge in [-0.2, -0.15) is 0 Å². The van der Waals surface area contributed by atoms with E-state index < -0.39 is 11.2 Å². The molecule has 0 aliphatic carbocycles. The first-order valence-electron chi connectivity index (χ1n) is 6.96. The highest BCUT2D eigenvalue weighted by molar-refractivity contribution is 5.98. The molecule has 0 aromatic heterocycles. The van der Waals surface area contributed by atoms with E-state index in [0.717, 1.165) is 11.1 Å². The topological polar surface area (TPSA) is 29.1 Å². The van der Waals surface area contributed by atoms with Gasteiger partial charge < -0.3 is 5.32 Å². The molecule has 3 heteroatoms. The van der Waals surface area contributed by atoms with Gasteiger partial charge in [0.1, 0.15) is 5.82 Å². The van der Waals surface area contributed by atoms with E-state index in [1.165, 1.54) is 6.07 Å². The van der Waals surface area contributed by atoms with Crippen LogP contribution < -0.4 is 5.32 Å². The molecule has 0 spiro atoms. The fraction of sp³-hybridized carbons (Fsp3) is 0.278. The number of nitrogens with one attached hydrogen (secondary N) is 1. The predicted octanol–water partition coefficient (Wildman–Crippen LogP) is 4.79. The van der Waals surface area contributed by atoms with Crippen molar-refractivity contribution < 1.29 is 9.18 Å². The number of carbonyl (C=O) groups is 1. The zero-order valence-corrected chi connectivity index (χ0v) is 12.8. The van der Waals surface area contributed by atoms with Crippen LogP contribution in [0.2, 0.25) is 0 Å². The minimum atomic E-state index is -0.578. The maximum absolute atomic E-state index is 14.3. The number of hydrogen-bond donors (Lipinski definition) is 1. The second kappa shape index (κ2) is 5.68. The smallest absolute Gasteiger partial charge is 0.229 e. The molecule has 110 valence electrons. The number of amides is 1. The Labute approximate surface area is 125 Å². The number of benzene rings is 2. The fourth-order valence-electron chi connectivity index (χ4n) is 2.02. The van der Waals surface area contributed by atoms with Crippen LogP contribution in [0.1, 0.15) is 26.3 Å². The van der Waals surface area contributed by atoms with Crippen LogP contribution in [0.3, 0.4) is 0 Å². The number of aryl methyl sites for hydroxylation is 1. The summed E-state index contributed by atoms with van der Waals surface area (Å²) < 4.78 is 14.3. The van der Waals surface area contributed by atoms with Crippen LogP contribution in [0.4, 0.5) is 10.1 Å². The molecule has 0 radical (unpaired) electrons. The van der Waals surface area contributed by atoms with Crippen molar-refractivity contribution in [2.45, 2.75) is 27.7 Å². The molecule has 1 amide bonds. The summed E-state index contributed by atoms with van der Waals surface area (Å²) in [5, 5.41) is 2.73. The number of carbonyl (C=O) groups excluding carboxylic acids is 1. The summed E-state index contributed by atoms with van der Waals surface area (Å²) in [4.78, 5) is 12.2. The molecule has 0 aliphatic rings. The van der Waals surface area contributed by atoms with Crippen LogP contribution in [0.15, 0.2) is 42.5 Å². The molecule has 0 unspecified atom stereocenters. The Hall–Kier alpha value is -2.16. The van der Waals surface area contributed by atoms with E-state index in [2.05, 4.69) is 5.32 Å². The summed E-state index contributed by atoms with van der Waals surface area (Å²) in [6.07, 6.45) is 0. The molecule has 0 saturated heterocycles. The second-order valence-corrected chi connectivity index (χ2v) is 6.24. The standard InChI is InChI=1S/C18H20FNO/c1-12-10-14(13-8-6-5-7-9-13)16(15(19)11-12)20-17(21)18(2,3)4/h5-11H,1-4H3,(H,20,21). The Bertz CT molecular complexity index is 657. The molecule has 0 aliphatic heterocycles. The first kappa shape index (κ1) is 15.2. The van der Waals surface area contributed by atoms with Gasteiger partial charge >= 0.3 is 0 Å². The Balaban J connectivity index is 2.53. The fourth-order valence-corrected chi connectivity index (χ4v) is 2.02. The quantitative estimate of drug-likeness (QED) is 0.844. The molecule has 2 rings (SSSR count). The van der Waals surface area contributed by atoms with Gasteiger partial charge in [0.2, 0.25) is 5.91 Å². The van der Waals surface area contributed by atoms with Crippen molar-refractivity contribution in [3.05, 3.63) is 53.8 Å². The normalized spacial score (nSPS) is 11.3. The van der Waals surface area contributed by atoms with Crippen LogP contribution >= 0.6 is 0 Å². The highest BCUT2D eigenvalue weighted by Gasteiger charge is 2.24. The number of halogens is 1. The van der Waals surface area contributed by atoms with Crippen LogP contribution in [0, 0.1) is 18.2 Å². The Morgan fingerprint density at radius 3 is 2.29 bits per heavy atom. The molecule has 1 N–H and O–H groups in total. The van der Waals surface area contributed by atoms with Crippen LogP contribution in [-0.2, 0) is 4.79 Å². The van der Waals surface area contributed by atoms with Crippen LogP contribution in [0.25, 0.3) is 11.1 Å². The van der Waals surface area contributed by atoms with E-state index >= 15 is 0 Å². The second-order valence-electron chi connectivity index (χ2n) is 6.24. The zero-order chi connectivity index (χ0) is 15.6. The molecule has 0 atom stereocenters. The zero-order valence-electron chi connectivity index (χ0n) is 12.8. The van der Waals surface area contributed by atoms with E-state index in [-0.39, 0.29) is 11.6 Å². The summed E-state index contributed by atoms with van der Waals surface area (Å²) in [7, 11) is 0. The SMILES string of the molecule is Cc1cc(F)c(NC(=O)C(C)(C)C)c(-c2ccccc2)c1. The van der Waals surface area contributed by atoms with E-state index in [1.807, 2.05) is 43.3 Å². The van der Waals surface area contributed by atoms with E-state index in [4.69, 9.17) is 0 Å². The maximum atomic E-state index is 14.3. The van der Waals surface area contributed by atoms with Crippen molar-refractivity contribution in [2.75, 3.05) is 5.32 Å². The first-order valence-corrected chi connectivity index (χ1v) is 6.96. The first-order chi connectivity index (χ1) is 9.79. The third-order valence-corrected chi connectivity index (χ3v) is 3.24. The number of hydrogen-bond acceptors (Lipinski definition) is 1. The number of anilines is 1. The average Bonchev–Trinajstić information content (AvgIpc) is 2.41. The van der Waals surface area contributed by atoms with Gasteiger partial charge in [-0.15, -0.1) is 0 Å². The minimum absolute atomic E-state index is 0.206. The van der Waals surface area contributed by atoms with Gasteiger partial charge in [0, 0.05) is 11.0 Å². The Morgan fingerprint density at radius 2 is 1.71 bits per heavy atom. The highest BCUT2D eigenvalue weighted by Crippen LogP contribution is 2.32. The lowest BCUT2D eigenvalue weighted by Gasteiger charge is -2.20. The predicted molar refractivity (Wildman–Crippen MR) is 84.7 cm³/mol. The summed E-state index contributed by atoms with van der Waals surface area (Å²) in [5.41, 5.74) is 2.06. The van der Waals surface area contributed by atoms with Crippen molar-refractivity contribution >= 4 is 11.6 Å². The summed E-state index contributed by atoms with van der Waals surface area (Å²) in [5.74, 6) is -0.617. The average molecular weight is 285 g/mol. The number of rotatable bonds is 2. The third-order valence-electron chi connectivity index (χ3n) is 3.24. The van der Waals surface area contributed by atoms with Crippen molar-refractivity contribution in [2.24, 2.45) is 5.41 Å². The van der Waals surface area contributed by atoms with E-state index in [1.54, 1.807) is 20.8 Å². The van der Waals surface area contributed by atoms with E-state index in [0.29, 0.717) is 5.56 Å². The van der Waals surface area contributed by atoms with Gasteiger partial charge in [-0.1, -0.05) is 51.1 Å². The molecular formula is C18H20FNO. The molecule has 0 heterocycles. The lowest BCUT2D eigenvalue weighted by Crippen LogP contribution is -2.28. The van der Waals surface area contributed by atoms with Gasteiger partial charge in [0.25, 0.3) is 0 Å². The van der Waals surface area contributed by atoms with E-state index in [9.17, 15) is 9.18 Å². The minimum Gasteiger partial charge on any atom is -0.323 e. The molecular weight excluding hydrogens is 265 g/mol. The molecule has 0 saturated carbocycles. The van der Waals surface area contributed by atoms with Gasteiger partial charge in [0.05, 0.1) is 5.69 Å². The van der Waals surface area contributed by atoms with Gasteiger partial charge in [-0.25, -0.2) is 4.39 Å². The summed E-state index contributed by atoms with van der Waals surface area (Å²) in [6, 6.07) is 12.8. The van der Waals surface area contributed by atoms with Gasteiger partial charge in [0.15, 0.2) is 0 Å². The molecule has 2 aromatic rings. The third kappa shape index (κ3) is 3.48. The van der Waals surface area contributed by atoms with Gasteiger partial charge in [-0.3, -0.25) is 4.79 Å². The summed E-state index contributed by atoms with van der Waals surface area (Å²) in [6.45, 7) is 7.24. The van der Waals surface area contributed by atoms with Crippen LogP contribution in [-0.4, -0.2) is 5.91 Å². The molecule has 21 heavy (non-hydrogen) atoms. The molecule has 2 aromatic carbocycles. The largest absolute Gasteiger partial charge is 0.323 e. The van der Waals surface area contributed by atoms with Crippen molar-refractivity contribution in [1.82, 2.24) is 0 Å². The maximum Gasteiger partial charge on any atom is 0.229 e. The van der Waals surface area contributed by atoms with Crippen molar-refractivity contribution in [1.29, 1.82) is 0 Å². The van der Waals surface area contributed by atoms with Crippen molar-refractivity contribution in [3.8, 4) is 11.1 Å². The van der Waals surface area contributed by atoms with Gasteiger partial charge in [-0.05, 0) is 30.2 Å². The lowest BCUT2D eigenvalue weighted by molar-refractivity contribution is -0.123. The monoisotopic (exact) mass is 285 g/mol. The van der Waals surface area contributed by atoms with Crippen molar-refractivity contribution in [3.63, 3.8) is 0 Å². The highest BCUT2D eigenvalue weighted by atomic mass is 19.1. The molecule has 2 nitrogen and oxygen atoms in total. The molecule has 0 fully saturated rings. The lowest BCUT2D eigenvalue weighted by atomic mass is 9.94. The van der Waals surface area contributed by atoms with Crippen LogP contribution in [0.5, 0.6) is 0 Å². The Morgan fingerprint density at radius 1 is 1.10 bits per heavy atom. The Kier molecular flexibility index (Phi) is 4.12. The summed E-state index contributed by atoms with van der Waals surface area (Å²) >= 11 is 0.